The highest BCUT2D eigenvalue weighted by Crippen LogP contribution is 2.14. The lowest BCUT2D eigenvalue weighted by atomic mass is 10.2. The predicted molar refractivity (Wildman–Crippen MR) is 61.2 cm³/mol. The van der Waals surface area contributed by atoms with Crippen molar-refractivity contribution in [2.24, 2.45) is 0 Å². The summed E-state index contributed by atoms with van der Waals surface area (Å²) >= 11 is 0. The van der Waals surface area contributed by atoms with E-state index in [1.165, 1.54) is 12.3 Å². The third-order valence-electron chi connectivity index (χ3n) is 3.01. The number of hydrogen-bond donors (Lipinski definition) is 0. The molecule has 0 saturated carbocycles. The van der Waals surface area contributed by atoms with Crippen LogP contribution in [-0.4, -0.2) is 31.9 Å². The van der Waals surface area contributed by atoms with Gasteiger partial charge in [0.15, 0.2) is 0 Å². The van der Waals surface area contributed by atoms with Crippen LogP contribution in [0.1, 0.15) is 16.2 Å². The minimum absolute atomic E-state index is 0.189. The Morgan fingerprint density at radius 2 is 2.17 bits per heavy atom. The van der Waals surface area contributed by atoms with Crippen LogP contribution in [0.5, 0.6) is 0 Å². The Kier molecular flexibility index (Phi) is 2.55. The Labute approximate surface area is 103 Å². The number of rotatable bonds is 1. The van der Waals surface area contributed by atoms with Gasteiger partial charge >= 0.3 is 0 Å². The molecule has 2 aromatic heterocycles. The Bertz CT molecular complexity index is 595. The second kappa shape index (κ2) is 4.21. The van der Waals surface area contributed by atoms with Gasteiger partial charge in [-0.05, 0) is 6.07 Å². The van der Waals surface area contributed by atoms with Gasteiger partial charge in [0, 0.05) is 43.3 Å². The summed E-state index contributed by atoms with van der Waals surface area (Å²) < 4.78 is 15.0. The highest BCUT2D eigenvalue weighted by atomic mass is 19.1. The number of amides is 1. The molecule has 1 aliphatic rings. The first-order valence-electron chi connectivity index (χ1n) is 5.65. The van der Waals surface area contributed by atoms with E-state index in [1.54, 1.807) is 11.1 Å². The smallest absolute Gasteiger partial charge is 0.254 e. The maximum absolute atomic E-state index is 13.0. The minimum Gasteiger partial charge on any atom is -0.332 e. The molecular formula is C12H11FN4O. The summed E-state index contributed by atoms with van der Waals surface area (Å²) in [4.78, 5) is 21.5. The maximum atomic E-state index is 13.0. The number of aromatic nitrogens is 3. The number of hydrogen-bond acceptors (Lipinski definition) is 3. The maximum Gasteiger partial charge on any atom is 0.254 e. The average molecular weight is 246 g/mol. The van der Waals surface area contributed by atoms with Crippen LogP contribution in [0.25, 0.3) is 0 Å². The third kappa shape index (κ3) is 1.85. The molecule has 0 spiro atoms. The Hall–Kier alpha value is -2.24. The molecule has 0 N–H and O–H groups in total. The summed E-state index contributed by atoms with van der Waals surface area (Å²) in [7, 11) is 0. The number of carbonyl (C=O) groups is 1. The van der Waals surface area contributed by atoms with Crippen molar-refractivity contribution in [3.63, 3.8) is 0 Å². The lowest BCUT2D eigenvalue weighted by Crippen LogP contribution is -2.38. The zero-order valence-electron chi connectivity index (χ0n) is 9.58. The van der Waals surface area contributed by atoms with Gasteiger partial charge in [-0.1, -0.05) is 0 Å². The van der Waals surface area contributed by atoms with E-state index < -0.39 is 5.95 Å². The molecule has 1 aliphatic heterocycles. The number of halogens is 1. The molecular weight excluding hydrogens is 235 g/mol. The number of pyridine rings is 1. The van der Waals surface area contributed by atoms with Crippen LogP contribution in [0.2, 0.25) is 0 Å². The third-order valence-corrected chi connectivity index (χ3v) is 3.01. The number of nitrogens with zero attached hydrogens (tertiary/aromatic N) is 4. The highest BCUT2D eigenvalue weighted by molar-refractivity contribution is 5.94. The SMILES string of the molecule is O=C(c1ccnc(F)c1)N1CCn2ccnc2C1. The summed E-state index contributed by atoms with van der Waals surface area (Å²) in [5.74, 6) is 0.0223. The van der Waals surface area contributed by atoms with Gasteiger partial charge in [-0.3, -0.25) is 4.79 Å². The van der Waals surface area contributed by atoms with Gasteiger partial charge in [0.1, 0.15) is 5.82 Å². The molecule has 0 aliphatic carbocycles. The molecule has 18 heavy (non-hydrogen) atoms. The van der Waals surface area contributed by atoms with Crippen LogP contribution >= 0.6 is 0 Å². The molecule has 0 aromatic carbocycles. The van der Waals surface area contributed by atoms with E-state index in [9.17, 15) is 9.18 Å². The normalized spacial score (nSPS) is 14.4. The molecule has 5 nitrogen and oxygen atoms in total. The van der Waals surface area contributed by atoms with Crippen molar-refractivity contribution in [3.05, 3.63) is 48.1 Å². The Balaban J connectivity index is 1.83. The van der Waals surface area contributed by atoms with Gasteiger partial charge in [0.25, 0.3) is 5.91 Å². The Morgan fingerprint density at radius 1 is 1.28 bits per heavy atom. The van der Waals surface area contributed by atoms with Crippen LogP contribution < -0.4 is 0 Å². The first-order valence-corrected chi connectivity index (χ1v) is 5.65. The minimum atomic E-state index is -0.639. The summed E-state index contributed by atoms with van der Waals surface area (Å²) in [6, 6.07) is 2.68. The average Bonchev–Trinajstić information content (AvgIpc) is 2.85. The van der Waals surface area contributed by atoms with E-state index in [-0.39, 0.29) is 5.91 Å². The molecule has 3 heterocycles. The van der Waals surface area contributed by atoms with Crippen LogP contribution in [0.15, 0.2) is 30.7 Å². The van der Waals surface area contributed by atoms with Crippen molar-refractivity contribution < 1.29 is 9.18 Å². The van der Waals surface area contributed by atoms with Gasteiger partial charge in [0.05, 0.1) is 6.54 Å². The predicted octanol–water partition coefficient (Wildman–Crippen LogP) is 1.07. The number of fused-ring (bicyclic) bond motifs is 1. The lowest BCUT2D eigenvalue weighted by Gasteiger charge is -2.27. The van der Waals surface area contributed by atoms with Crippen LogP contribution in [0.3, 0.4) is 0 Å². The van der Waals surface area contributed by atoms with E-state index in [0.717, 1.165) is 11.9 Å². The largest absolute Gasteiger partial charge is 0.332 e. The van der Waals surface area contributed by atoms with Crippen LogP contribution in [0, 0.1) is 5.95 Å². The van der Waals surface area contributed by atoms with Crippen molar-refractivity contribution in [1.82, 2.24) is 19.4 Å². The van der Waals surface area contributed by atoms with Crippen LogP contribution in [0.4, 0.5) is 4.39 Å². The van der Waals surface area contributed by atoms with E-state index >= 15 is 0 Å². The van der Waals surface area contributed by atoms with Crippen molar-refractivity contribution in [3.8, 4) is 0 Å². The summed E-state index contributed by atoms with van der Waals surface area (Å²) in [5, 5.41) is 0. The molecule has 0 saturated heterocycles. The molecule has 0 atom stereocenters. The zero-order chi connectivity index (χ0) is 12.5. The number of imidazole rings is 1. The van der Waals surface area contributed by atoms with Crippen molar-refractivity contribution in [2.75, 3.05) is 6.54 Å². The Morgan fingerprint density at radius 3 is 3.00 bits per heavy atom. The molecule has 0 radical (unpaired) electrons. The topological polar surface area (TPSA) is 51.0 Å². The molecule has 92 valence electrons. The molecule has 6 heteroatoms. The van der Waals surface area contributed by atoms with Gasteiger partial charge in [-0.25, -0.2) is 9.97 Å². The molecule has 0 fully saturated rings. The zero-order valence-corrected chi connectivity index (χ0v) is 9.58. The molecule has 0 unspecified atom stereocenters. The number of carbonyl (C=O) groups excluding carboxylic acids is 1. The van der Waals surface area contributed by atoms with E-state index in [4.69, 9.17) is 0 Å². The first kappa shape index (κ1) is 10.9. The molecule has 0 bridgehead atoms. The highest BCUT2D eigenvalue weighted by Gasteiger charge is 2.22. The molecule has 3 rings (SSSR count). The standard InChI is InChI=1S/C12H11FN4O/c13-10-7-9(1-2-14-10)12(18)17-6-5-16-4-3-15-11(16)8-17/h1-4,7H,5-6,8H2. The summed E-state index contributed by atoms with van der Waals surface area (Å²) in [6.07, 6.45) is 4.91. The summed E-state index contributed by atoms with van der Waals surface area (Å²) in [5.41, 5.74) is 0.322. The van der Waals surface area contributed by atoms with Crippen molar-refractivity contribution in [2.45, 2.75) is 13.1 Å². The van der Waals surface area contributed by atoms with Gasteiger partial charge in [-0.2, -0.15) is 4.39 Å². The van der Waals surface area contributed by atoms with Gasteiger partial charge < -0.3 is 9.47 Å². The van der Waals surface area contributed by atoms with Crippen LogP contribution in [-0.2, 0) is 13.1 Å². The second-order valence-corrected chi connectivity index (χ2v) is 4.13. The fraction of sp³-hybridized carbons (Fsp3) is 0.250. The van der Waals surface area contributed by atoms with Crippen molar-refractivity contribution in [1.29, 1.82) is 0 Å². The van der Waals surface area contributed by atoms with Gasteiger partial charge in [-0.15, -0.1) is 0 Å². The quantitative estimate of drug-likeness (QED) is 0.707. The van der Waals surface area contributed by atoms with E-state index in [2.05, 4.69) is 9.97 Å². The molecule has 2 aromatic rings. The summed E-state index contributed by atoms with van der Waals surface area (Å²) in [6.45, 7) is 1.77. The van der Waals surface area contributed by atoms with Crippen molar-refractivity contribution >= 4 is 5.91 Å². The van der Waals surface area contributed by atoms with E-state index in [0.29, 0.717) is 25.2 Å². The fourth-order valence-electron chi connectivity index (χ4n) is 2.06. The monoisotopic (exact) mass is 246 g/mol. The fourth-order valence-corrected chi connectivity index (χ4v) is 2.06. The van der Waals surface area contributed by atoms with Gasteiger partial charge in [0.2, 0.25) is 5.95 Å². The lowest BCUT2D eigenvalue weighted by molar-refractivity contribution is 0.0707. The van der Waals surface area contributed by atoms with E-state index in [1.807, 2.05) is 10.8 Å². The second-order valence-electron chi connectivity index (χ2n) is 4.13. The molecule has 1 amide bonds. The first-order chi connectivity index (χ1) is 8.74.